The van der Waals surface area contributed by atoms with Gasteiger partial charge in [-0.05, 0) is 35.8 Å². The van der Waals surface area contributed by atoms with Gasteiger partial charge in [0.25, 0.3) is 5.91 Å². The van der Waals surface area contributed by atoms with Gasteiger partial charge in [-0.15, -0.1) is 0 Å². The van der Waals surface area contributed by atoms with Crippen LogP contribution in [0.2, 0.25) is 0 Å². The zero-order chi connectivity index (χ0) is 14.5. The Kier molecular flexibility index (Phi) is 2.96. The number of hydrogen-bond donors (Lipinski definition) is 0. The van der Waals surface area contributed by atoms with Gasteiger partial charge in [-0.3, -0.25) is 9.59 Å². The normalized spacial score (nSPS) is 22.6. The number of fused-ring (bicyclic) bond motifs is 1. The second-order valence-corrected chi connectivity index (χ2v) is 6.83. The number of hydrogen-bond acceptors (Lipinski definition) is 2. The van der Waals surface area contributed by atoms with Crippen molar-refractivity contribution < 1.29 is 9.59 Å². The summed E-state index contributed by atoms with van der Waals surface area (Å²) in [5.41, 5.74) is 2.79. The standard InChI is InChI=1S/C17H21NO2/c1-17(2)9-11(17)10-18(3)16(20)14-6-4-5-13-12(14)7-8-15(13)19/h4-6,11H,7-10H2,1-3H3/t11-/m1/s1. The van der Waals surface area contributed by atoms with Crippen LogP contribution in [0.5, 0.6) is 0 Å². The van der Waals surface area contributed by atoms with Crippen LogP contribution in [0.15, 0.2) is 18.2 Å². The molecule has 0 aliphatic heterocycles. The quantitative estimate of drug-likeness (QED) is 0.847. The predicted molar refractivity (Wildman–Crippen MR) is 77.9 cm³/mol. The van der Waals surface area contributed by atoms with Gasteiger partial charge in [-0.25, -0.2) is 0 Å². The molecule has 0 N–H and O–H groups in total. The van der Waals surface area contributed by atoms with E-state index in [0.29, 0.717) is 29.7 Å². The molecule has 3 heteroatoms. The Balaban J connectivity index is 1.80. The molecular weight excluding hydrogens is 250 g/mol. The van der Waals surface area contributed by atoms with E-state index >= 15 is 0 Å². The molecule has 3 nitrogen and oxygen atoms in total. The van der Waals surface area contributed by atoms with Gasteiger partial charge in [0.05, 0.1) is 0 Å². The van der Waals surface area contributed by atoms with Gasteiger partial charge in [-0.1, -0.05) is 26.0 Å². The lowest BCUT2D eigenvalue weighted by molar-refractivity contribution is 0.0783. The maximum Gasteiger partial charge on any atom is 0.253 e. The van der Waals surface area contributed by atoms with Crippen LogP contribution in [0, 0.1) is 11.3 Å². The number of amides is 1. The van der Waals surface area contributed by atoms with Crippen LogP contribution in [-0.2, 0) is 6.42 Å². The van der Waals surface area contributed by atoms with E-state index in [2.05, 4.69) is 13.8 Å². The number of rotatable bonds is 3. The van der Waals surface area contributed by atoms with Crippen LogP contribution in [0.25, 0.3) is 0 Å². The maximum atomic E-state index is 12.6. The largest absolute Gasteiger partial charge is 0.341 e. The summed E-state index contributed by atoms with van der Waals surface area (Å²) in [4.78, 5) is 26.2. The van der Waals surface area contributed by atoms with E-state index < -0.39 is 0 Å². The molecule has 1 saturated carbocycles. The Labute approximate surface area is 120 Å². The van der Waals surface area contributed by atoms with Crippen molar-refractivity contribution >= 4 is 11.7 Å². The van der Waals surface area contributed by atoms with E-state index in [1.165, 1.54) is 6.42 Å². The van der Waals surface area contributed by atoms with E-state index in [1.54, 1.807) is 0 Å². The van der Waals surface area contributed by atoms with Gasteiger partial charge in [0, 0.05) is 31.1 Å². The Bertz CT molecular complexity index is 589. The van der Waals surface area contributed by atoms with Crippen LogP contribution in [-0.4, -0.2) is 30.2 Å². The minimum absolute atomic E-state index is 0.0549. The molecule has 1 aromatic rings. The lowest BCUT2D eigenvalue weighted by Gasteiger charge is -2.19. The number of carbonyl (C=O) groups excluding carboxylic acids is 2. The van der Waals surface area contributed by atoms with E-state index in [9.17, 15) is 9.59 Å². The van der Waals surface area contributed by atoms with Crippen molar-refractivity contribution in [3.8, 4) is 0 Å². The summed E-state index contributed by atoms with van der Waals surface area (Å²) in [6.07, 6.45) is 2.44. The van der Waals surface area contributed by atoms with E-state index in [1.807, 2.05) is 30.1 Å². The van der Waals surface area contributed by atoms with E-state index in [0.717, 1.165) is 17.7 Å². The van der Waals surface area contributed by atoms with Gasteiger partial charge < -0.3 is 4.90 Å². The predicted octanol–water partition coefficient (Wildman–Crippen LogP) is 2.93. The highest BCUT2D eigenvalue weighted by Gasteiger charge is 2.46. The molecule has 0 spiro atoms. The lowest BCUT2D eigenvalue weighted by Crippen LogP contribution is -2.30. The molecule has 0 heterocycles. The molecule has 0 aromatic heterocycles. The summed E-state index contributed by atoms with van der Waals surface area (Å²) >= 11 is 0. The second kappa shape index (κ2) is 4.44. The fraction of sp³-hybridized carbons (Fsp3) is 0.529. The Morgan fingerprint density at radius 1 is 1.35 bits per heavy atom. The van der Waals surface area contributed by atoms with Crippen molar-refractivity contribution in [2.45, 2.75) is 33.1 Å². The molecule has 0 bridgehead atoms. The first-order valence-corrected chi connectivity index (χ1v) is 7.31. The average Bonchev–Trinajstić information content (AvgIpc) is 2.82. The first-order valence-electron chi connectivity index (χ1n) is 7.31. The van der Waals surface area contributed by atoms with Gasteiger partial charge in [-0.2, -0.15) is 0 Å². The van der Waals surface area contributed by atoms with Crippen LogP contribution >= 0.6 is 0 Å². The van der Waals surface area contributed by atoms with Crippen LogP contribution in [0.1, 0.15) is 53.0 Å². The van der Waals surface area contributed by atoms with Crippen LogP contribution in [0.4, 0.5) is 0 Å². The highest BCUT2D eigenvalue weighted by atomic mass is 16.2. The van der Waals surface area contributed by atoms with Crippen molar-refractivity contribution in [2.24, 2.45) is 11.3 Å². The summed E-state index contributed by atoms with van der Waals surface area (Å²) in [7, 11) is 1.87. The summed E-state index contributed by atoms with van der Waals surface area (Å²) < 4.78 is 0. The van der Waals surface area contributed by atoms with Crippen molar-refractivity contribution in [2.75, 3.05) is 13.6 Å². The Hall–Kier alpha value is -1.64. The third-order valence-electron chi connectivity index (χ3n) is 4.87. The lowest BCUT2D eigenvalue weighted by atomic mass is 10.0. The third-order valence-corrected chi connectivity index (χ3v) is 4.87. The number of ketones is 1. The summed E-state index contributed by atoms with van der Waals surface area (Å²) in [6.45, 7) is 5.30. The molecule has 0 unspecified atom stereocenters. The van der Waals surface area contributed by atoms with Crippen LogP contribution < -0.4 is 0 Å². The average molecular weight is 271 g/mol. The highest BCUT2D eigenvalue weighted by Crippen LogP contribution is 2.51. The van der Waals surface area contributed by atoms with E-state index in [-0.39, 0.29) is 11.7 Å². The first kappa shape index (κ1) is 13.3. The molecule has 1 amide bonds. The van der Waals surface area contributed by atoms with Gasteiger partial charge in [0.2, 0.25) is 0 Å². The Morgan fingerprint density at radius 3 is 2.70 bits per heavy atom. The molecule has 20 heavy (non-hydrogen) atoms. The highest BCUT2D eigenvalue weighted by molar-refractivity contribution is 6.05. The fourth-order valence-electron chi connectivity index (χ4n) is 3.20. The van der Waals surface area contributed by atoms with E-state index in [4.69, 9.17) is 0 Å². The monoisotopic (exact) mass is 271 g/mol. The summed E-state index contributed by atoms with van der Waals surface area (Å²) in [5, 5.41) is 0. The van der Waals surface area contributed by atoms with Crippen molar-refractivity contribution in [3.63, 3.8) is 0 Å². The van der Waals surface area contributed by atoms with Crippen molar-refractivity contribution in [1.82, 2.24) is 4.90 Å². The Morgan fingerprint density at radius 2 is 2.05 bits per heavy atom. The molecule has 2 aliphatic rings. The summed E-state index contributed by atoms with van der Waals surface area (Å²) in [6, 6.07) is 5.52. The van der Waals surface area contributed by atoms with Crippen molar-refractivity contribution in [3.05, 3.63) is 34.9 Å². The number of benzene rings is 1. The molecule has 106 valence electrons. The number of nitrogens with zero attached hydrogens (tertiary/aromatic N) is 1. The first-order chi connectivity index (χ1) is 9.40. The van der Waals surface area contributed by atoms with Gasteiger partial charge >= 0.3 is 0 Å². The minimum Gasteiger partial charge on any atom is -0.341 e. The molecule has 1 atom stereocenters. The zero-order valence-electron chi connectivity index (χ0n) is 12.4. The SMILES string of the molecule is CN(C[C@H]1CC1(C)C)C(=O)c1cccc2c1CCC2=O. The number of Topliss-reactive ketones (excluding diaryl/α,β-unsaturated/α-hetero) is 1. The minimum atomic E-state index is 0.0549. The second-order valence-electron chi connectivity index (χ2n) is 6.83. The molecule has 3 rings (SSSR count). The number of carbonyl (C=O) groups is 2. The zero-order valence-corrected chi connectivity index (χ0v) is 12.4. The molecule has 0 saturated heterocycles. The smallest absolute Gasteiger partial charge is 0.253 e. The van der Waals surface area contributed by atoms with Gasteiger partial charge in [0.15, 0.2) is 5.78 Å². The fourth-order valence-corrected chi connectivity index (χ4v) is 3.20. The molecule has 0 radical (unpaired) electrons. The van der Waals surface area contributed by atoms with Crippen LogP contribution in [0.3, 0.4) is 0 Å². The molecule has 1 aromatic carbocycles. The summed E-state index contributed by atoms with van der Waals surface area (Å²) in [5.74, 6) is 0.828. The molecule has 1 fully saturated rings. The maximum absolute atomic E-state index is 12.6. The third kappa shape index (κ3) is 2.15. The van der Waals surface area contributed by atoms with Crippen molar-refractivity contribution in [1.29, 1.82) is 0 Å². The van der Waals surface area contributed by atoms with Gasteiger partial charge in [0.1, 0.15) is 0 Å². The molecule has 2 aliphatic carbocycles. The topological polar surface area (TPSA) is 37.4 Å². The molecular formula is C17H21NO2.